The zero-order chi connectivity index (χ0) is 26.6. The molecule has 1 aromatic heterocycles. The van der Waals surface area contributed by atoms with E-state index in [2.05, 4.69) is 12.2 Å². The van der Waals surface area contributed by atoms with Gasteiger partial charge < -0.3 is 14.8 Å². The standard InChI is InChI=1S/C27H30N2O6S2/c1-4-34-27(31)25-22-15-10-18(2)16-23(22)36-26(25)28-24(30)17-35-20-13-11-19(12-14-20)29(3)37(32,33)21-8-6-5-7-9-21/h5-9,11-14,18H,4,10,15-17H2,1-3H3,(H,28,30)/t18-/m0/s1. The minimum atomic E-state index is -3.69. The highest BCUT2D eigenvalue weighted by Gasteiger charge is 2.29. The maximum atomic E-state index is 12.8. The zero-order valence-corrected chi connectivity index (χ0v) is 22.7. The van der Waals surface area contributed by atoms with Crippen LogP contribution in [0.25, 0.3) is 0 Å². The minimum absolute atomic E-state index is 0.196. The molecular formula is C27H30N2O6S2. The highest BCUT2D eigenvalue weighted by Crippen LogP contribution is 2.40. The van der Waals surface area contributed by atoms with Crippen LogP contribution in [0.2, 0.25) is 0 Å². The van der Waals surface area contributed by atoms with Crippen LogP contribution in [0.3, 0.4) is 0 Å². The molecule has 1 atom stereocenters. The van der Waals surface area contributed by atoms with Gasteiger partial charge in [0.15, 0.2) is 6.61 Å². The Kier molecular flexibility index (Phi) is 8.19. The lowest BCUT2D eigenvalue weighted by atomic mass is 9.88. The lowest BCUT2D eigenvalue weighted by molar-refractivity contribution is -0.118. The lowest BCUT2D eigenvalue weighted by Crippen LogP contribution is -2.26. The van der Waals surface area contributed by atoms with E-state index in [-0.39, 0.29) is 18.1 Å². The van der Waals surface area contributed by atoms with Crippen molar-refractivity contribution in [3.8, 4) is 5.75 Å². The number of sulfonamides is 1. The Hall–Kier alpha value is -3.37. The van der Waals surface area contributed by atoms with Gasteiger partial charge in [-0.2, -0.15) is 0 Å². The third kappa shape index (κ3) is 5.97. The molecule has 37 heavy (non-hydrogen) atoms. The minimum Gasteiger partial charge on any atom is -0.484 e. The molecule has 1 N–H and O–H groups in total. The summed E-state index contributed by atoms with van der Waals surface area (Å²) in [6.45, 7) is 3.93. The molecule has 0 bridgehead atoms. The van der Waals surface area contributed by atoms with Crippen molar-refractivity contribution in [3.05, 3.63) is 70.6 Å². The number of nitrogens with one attached hydrogen (secondary N) is 1. The molecule has 0 fully saturated rings. The fourth-order valence-corrected chi connectivity index (χ4v) is 6.84. The summed E-state index contributed by atoms with van der Waals surface area (Å²) in [6, 6.07) is 14.6. The monoisotopic (exact) mass is 542 g/mol. The van der Waals surface area contributed by atoms with E-state index in [1.54, 1.807) is 61.5 Å². The van der Waals surface area contributed by atoms with Crippen molar-refractivity contribution in [1.82, 2.24) is 0 Å². The molecule has 1 heterocycles. The van der Waals surface area contributed by atoms with Gasteiger partial charge in [0.25, 0.3) is 15.9 Å². The molecule has 10 heteroatoms. The number of fused-ring (bicyclic) bond motifs is 1. The van der Waals surface area contributed by atoms with E-state index in [4.69, 9.17) is 9.47 Å². The Balaban J connectivity index is 1.41. The molecular weight excluding hydrogens is 512 g/mol. The Morgan fingerprint density at radius 1 is 1.11 bits per heavy atom. The maximum absolute atomic E-state index is 12.8. The van der Waals surface area contributed by atoms with Crippen LogP contribution < -0.4 is 14.4 Å². The van der Waals surface area contributed by atoms with Crippen molar-refractivity contribution in [1.29, 1.82) is 0 Å². The van der Waals surface area contributed by atoms with Gasteiger partial charge in [-0.15, -0.1) is 11.3 Å². The van der Waals surface area contributed by atoms with Crippen LogP contribution in [0.15, 0.2) is 59.5 Å². The number of hydrogen-bond acceptors (Lipinski definition) is 7. The van der Waals surface area contributed by atoms with Crippen LogP contribution in [-0.4, -0.2) is 40.6 Å². The van der Waals surface area contributed by atoms with Gasteiger partial charge in [0.05, 0.1) is 22.8 Å². The Morgan fingerprint density at radius 2 is 1.81 bits per heavy atom. The summed E-state index contributed by atoms with van der Waals surface area (Å²) in [7, 11) is -2.21. The number of hydrogen-bond donors (Lipinski definition) is 1. The summed E-state index contributed by atoms with van der Waals surface area (Å²) in [4.78, 5) is 26.6. The number of thiophene rings is 1. The van der Waals surface area contributed by atoms with E-state index in [0.29, 0.717) is 27.9 Å². The summed E-state index contributed by atoms with van der Waals surface area (Å²) in [5.41, 5.74) is 1.88. The lowest BCUT2D eigenvalue weighted by Gasteiger charge is -2.19. The van der Waals surface area contributed by atoms with Crippen molar-refractivity contribution >= 4 is 43.9 Å². The van der Waals surface area contributed by atoms with E-state index >= 15 is 0 Å². The first-order chi connectivity index (χ1) is 17.7. The number of esters is 1. The first-order valence-corrected chi connectivity index (χ1v) is 14.3. The fraction of sp³-hybridized carbons (Fsp3) is 0.333. The van der Waals surface area contributed by atoms with E-state index in [1.165, 1.54) is 22.7 Å². The van der Waals surface area contributed by atoms with Gasteiger partial charge in [0, 0.05) is 11.9 Å². The van der Waals surface area contributed by atoms with Crippen LogP contribution in [0, 0.1) is 5.92 Å². The summed E-state index contributed by atoms with van der Waals surface area (Å²) in [5, 5.41) is 3.32. The highest BCUT2D eigenvalue weighted by atomic mass is 32.2. The third-order valence-corrected chi connectivity index (χ3v) is 9.19. The topological polar surface area (TPSA) is 102 Å². The number of rotatable bonds is 9. The SMILES string of the molecule is CCOC(=O)c1c(NC(=O)COc2ccc(N(C)S(=O)(=O)c3ccccc3)cc2)sc2c1CC[C@H](C)C2. The van der Waals surface area contributed by atoms with Crippen molar-refractivity contribution in [2.45, 2.75) is 38.0 Å². The van der Waals surface area contributed by atoms with Gasteiger partial charge in [-0.05, 0) is 74.1 Å². The van der Waals surface area contributed by atoms with Crippen molar-refractivity contribution in [2.24, 2.45) is 5.92 Å². The molecule has 0 aliphatic heterocycles. The van der Waals surface area contributed by atoms with Crippen molar-refractivity contribution in [3.63, 3.8) is 0 Å². The predicted molar refractivity (Wildman–Crippen MR) is 144 cm³/mol. The van der Waals surface area contributed by atoms with Crippen molar-refractivity contribution < 1.29 is 27.5 Å². The number of nitrogens with zero attached hydrogens (tertiary/aromatic N) is 1. The Morgan fingerprint density at radius 3 is 2.49 bits per heavy atom. The van der Waals surface area contributed by atoms with E-state index in [0.717, 1.165) is 29.7 Å². The Labute approximate surface area is 221 Å². The normalized spacial score (nSPS) is 14.9. The van der Waals surface area contributed by atoms with E-state index in [9.17, 15) is 18.0 Å². The van der Waals surface area contributed by atoms with Gasteiger partial charge in [0.2, 0.25) is 0 Å². The van der Waals surface area contributed by atoms with Crippen LogP contribution in [0.5, 0.6) is 5.75 Å². The first-order valence-electron chi connectivity index (χ1n) is 12.1. The fourth-order valence-electron chi connectivity index (χ4n) is 4.21. The molecule has 0 spiro atoms. The Bertz CT molecular complexity index is 1370. The zero-order valence-electron chi connectivity index (χ0n) is 21.0. The molecule has 1 aliphatic carbocycles. The molecule has 1 aliphatic rings. The highest BCUT2D eigenvalue weighted by molar-refractivity contribution is 7.92. The van der Waals surface area contributed by atoms with E-state index in [1.807, 2.05) is 0 Å². The number of ether oxygens (including phenoxy) is 2. The quantitative estimate of drug-likeness (QED) is 0.386. The van der Waals surface area contributed by atoms with Crippen LogP contribution in [-0.2, 0) is 32.4 Å². The average Bonchev–Trinajstić information content (AvgIpc) is 3.24. The summed E-state index contributed by atoms with van der Waals surface area (Å²) >= 11 is 1.42. The molecule has 0 unspecified atom stereocenters. The second-order valence-corrected chi connectivity index (χ2v) is 12.0. The second kappa shape index (κ2) is 11.4. The largest absolute Gasteiger partial charge is 0.484 e. The van der Waals surface area contributed by atoms with Crippen molar-refractivity contribution in [2.75, 3.05) is 29.9 Å². The first kappa shape index (κ1) is 26.7. The number of anilines is 2. The summed E-state index contributed by atoms with van der Waals surface area (Å²) in [6.07, 6.45) is 2.65. The smallest absolute Gasteiger partial charge is 0.341 e. The number of carbonyl (C=O) groups is 2. The molecule has 0 saturated carbocycles. The van der Waals surface area contributed by atoms with Gasteiger partial charge in [0.1, 0.15) is 10.8 Å². The number of carbonyl (C=O) groups excluding carboxylic acids is 2. The number of benzene rings is 2. The number of amides is 1. The van der Waals surface area contributed by atoms with Crippen LogP contribution >= 0.6 is 11.3 Å². The summed E-state index contributed by atoms with van der Waals surface area (Å²) < 4.78 is 37.7. The molecule has 196 valence electrons. The average molecular weight is 543 g/mol. The van der Waals surface area contributed by atoms with Gasteiger partial charge >= 0.3 is 5.97 Å². The molecule has 2 aromatic carbocycles. The molecule has 4 rings (SSSR count). The van der Waals surface area contributed by atoms with Gasteiger partial charge in [-0.25, -0.2) is 13.2 Å². The van der Waals surface area contributed by atoms with Crippen LogP contribution in [0.4, 0.5) is 10.7 Å². The molecule has 3 aromatic rings. The van der Waals surface area contributed by atoms with Crippen LogP contribution in [0.1, 0.15) is 41.1 Å². The van der Waals surface area contributed by atoms with Gasteiger partial charge in [-0.1, -0.05) is 25.1 Å². The molecule has 8 nitrogen and oxygen atoms in total. The molecule has 0 saturated heterocycles. The third-order valence-electron chi connectivity index (χ3n) is 6.22. The molecule has 0 radical (unpaired) electrons. The predicted octanol–water partition coefficient (Wildman–Crippen LogP) is 4.89. The summed E-state index contributed by atoms with van der Waals surface area (Å²) in [5.74, 6) is 0.119. The maximum Gasteiger partial charge on any atom is 0.341 e. The van der Waals surface area contributed by atoms with E-state index < -0.39 is 21.9 Å². The molecule has 1 amide bonds. The van der Waals surface area contributed by atoms with Gasteiger partial charge in [-0.3, -0.25) is 9.10 Å². The second-order valence-electron chi connectivity index (χ2n) is 8.89.